The van der Waals surface area contributed by atoms with Gasteiger partial charge in [-0.3, -0.25) is 0 Å². The van der Waals surface area contributed by atoms with Gasteiger partial charge in [-0.2, -0.15) is 0 Å². The molecule has 0 bridgehead atoms. The van der Waals surface area contributed by atoms with Crippen molar-refractivity contribution in [2.75, 3.05) is 7.11 Å². The molecule has 4 rings (SSSR count). The Morgan fingerprint density at radius 2 is 1.33 bits per heavy atom. The van der Waals surface area contributed by atoms with Crippen LogP contribution < -0.4 is 4.74 Å². The molecule has 0 spiro atoms. The molecule has 2 nitrogen and oxygen atoms in total. The van der Waals surface area contributed by atoms with E-state index in [0.717, 1.165) is 11.3 Å². The van der Waals surface area contributed by atoms with Gasteiger partial charge < -0.3 is 9.84 Å². The van der Waals surface area contributed by atoms with Crippen molar-refractivity contribution in [2.45, 2.75) is 17.9 Å². The van der Waals surface area contributed by atoms with Crippen molar-refractivity contribution >= 4 is 0 Å². The van der Waals surface area contributed by atoms with Crippen LogP contribution in [0.4, 0.5) is 0 Å². The molecule has 0 saturated heterocycles. The van der Waals surface area contributed by atoms with Crippen LogP contribution in [0.5, 0.6) is 5.75 Å². The van der Waals surface area contributed by atoms with Gasteiger partial charge in [0.25, 0.3) is 0 Å². The Hall–Kier alpha value is -2.58. The molecule has 0 aromatic heterocycles. The molecule has 1 aliphatic rings. The average Bonchev–Trinajstić information content (AvgIpc) is 2.95. The van der Waals surface area contributed by atoms with Crippen molar-refractivity contribution in [3.8, 4) is 5.75 Å². The van der Waals surface area contributed by atoms with Gasteiger partial charge in [-0.1, -0.05) is 66.7 Å². The third kappa shape index (κ3) is 2.40. The number of benzene rings is 3. The van der Waals surface area contributed by atoms with Crippen LogP contribution in [0, 0.1) is 0 Å². The van der Waals surface area contributed by atoms with Crippen molar-refractivity contribution in [1.29, 1.82) is 0 Å². The van der Waals surface area contributed by atoms with Crippen LogP contribution in [-0.2, 0) is 0 Å². The first kappa shape index (κ1) is 15.0. The summed E-state index contributed by atoms with van der Waals surface area (Å²) in [5.41, 5.74) is 4.62. The Kier molecular flexibility index (Phi) is 3.83. The molecule has 1 N–H and O–H groups in total. The molecule has 0 amide bonds. The smallest absolute Gasteiger partial charge is 0.118 e. The first-order valence-electron chi connectivity index (χ1n) is 8.25. The van der Waals surface area contributed by atoms with Crippen molar-refractivity contribution in [3.63, 3.8) is 0 Å². The predicted octanol–water partition coefficient (Wildman–Crippen LogP) is 4.66. The maximum absolute atomic E-state index is 11.0. The molecule has 0 radical (unpaired) electrons. The van der Waals surface area contributed by atoms with Gasteiger partial charge in [0.15, 0.2) is 0 Å². The largest absolute Gasteiger partial charge is 0.497 e. The quantitative estimate of drug-likeness (QED) is 0.761. The van der Waals surface area contributed by atoms with E-state index in [4.69, 9.17) is 4.74 Å². The van der Waals surface area contributed by atoms with Crippen LogP contribution in [0.1, 0.15) is 40.2 Å². The van der Waals surface area contributed by atoms with Crippen molar-refractivity contribution < 1.29 is 9.84 Å². The van der Waals surface area contributed by atoms with Gasteiger partial charge in [0.05, 0.1) is 13.2 Å². The highest BCUT2D eigenvalue weighted by atomic mass is 16.5. The minimum Gasteiger partial charge on any atom is -0.497 e. The SMILES string of the molecule is COc1ccc([C@@H]2c3ccccc3C(O)[C@H]2c2ccccc2)cc1. The first-order valence-corrected chi connectivity index (χ1v) is 8.25. The van der Waals surface area contributed by atoms with Crippen LogP contribution in [0.15, 0.2) is 78.9 Å². The second kappa shape index (κ2) is 6.14. The molecule has 3 aromatic rings. The Morgan fingerprint density at radius 3 is 2.00 bits per heavy atom. The fourth-order valence-electron chi connectivity index (χ4n) is 3.88. The molecule has 3 atom stereocenters. The Labute approximate surface area is 142 Å². The summed E-state index contributed by atoms with van der Waals surface area (Å²) < 4.78 is 5.28. The fourth-order valence-corrected chi connectivity index (χ4v) is 3.88. The van der Waals surface area contributed by atoms with E-state index in [1.807, 2.05) is 42.5 Å². The van der Waals surface area contributed by atoms with Crippen molar-refractivity contribution in [2.24, 2.45) is 0 Å². The number of ether oxygens (including phenoxy) is 1. The van der Waals surface area contributed by atoms with Gasteiger partial charge in [0, 0.05) is 11.8 Å². The molecule has 1 aliphatic carbocycles. The second-order valence-electron chi connectivity index (χ2n) is 6.26. The zero-order valence-electron chi connectivity index (χ0n) is 13.6. The molecular weight excluding hydrogens is 296 g/mol. The van der Waals surface area contributed by atoms with Crippen LogP contribution >= 0.6 is 0 Å². The highest BCUT2D eigenvalue weighted by Gasteiger charge is 2.41. The first-order chi connectivity index (χ1) is 11.8. The number of hydrogen-bond acceptors (Lipinski definition) is 2. The molecule has 120 valence electrons. The zero-order chi connectivity index (χ0) is 16.5. The lowest BCUT2D eigenvalue weighted by molar-refractivity contribution is 0.153. The summed E-state index contributed by atoms with van der Waals surface area (Å²) in [5.74, 6) is 1.02. The Balaban J connectivity index is 1.85. The van der Waals surface area contributed by atoms with Crippen LogP contribution in [0.3, 0.4) is 0 Å². The molecule has 0 aliphatic heterocycles. The van der Waals surface area contributed by atoms with E-state index in [2.05, 4.69) is 36.4 Å². The molecule has 0 heterocycles. The molecule has 24 heavy (non-hydrogen) atoms. The number of hydrogen-bond donors (Lipinski definition) is 1. The number of aliphatic hydroxyl groups excluding tert-OH is 1. The van der Waals surface area contributed by atoms with E-state index in [1.165, 1.54) is 16.7 Å². The van der Waals surface area contributed by atoms with E-state index >= 15 is 0 Å². The molecule has 0 saturated carbocycles. The third-order valence-corrected chi connectivity index (χ3v) is 5.01. The lowest BCUT2D eigenvalue weighted by Crippen LogP contribution is -2.11. The zero-order valence-corrected chi connectivity index (χ0v) is 13.6. The van der Waals surface area contributed by atoms with Crippen molar-refractivity contribution in [1.82, 2.24) is 0 Å². The topological polar surface area (TPSA) is 29.5 Å². The van der Waals surface area contributed by atoms with Crippen molar-refractivity contribution in [3.05, 3.63) is 101 Å². The van der Waals surface area contributed by atoms with E-state index in [0.29, 0.717) is 0 Å². The summed E-state index contributed by atoms with van der Waals surface area (Å²) in [6.45, 7) is 0. The standard InChI is InChI=1S/C22H20O2/c1-24-17-13-11-16(12-14-17)20-18-9-5-6-10-19(18)22(23)21(20)15-7-3-2-4-8-15/h2-14,20-23H,1H3/t20-,21+,22?/m1/s1. The number of aliphatic hydroxyl groups is 1. The maximum atomic E-state index is 11.0. The monoisotopic (exact) mass is 316 g/mol. The predicted molar refractivity (Wildman–Crippen MR) is 95.4 cm³/mol. The summed E-state index contributed by atoms with van der Waals surface area (Å²) in [5, 5.41) is 11.0. The summed E-state index contributed by atoms with van der Waals surface area (Å²) in [7, 11) is 1.68. The van der Waals surface area contributed by atoms with Crippen LogP contribution in [0.25, 0.3) is 0 Å². The lowest BCUT2D eigenvalue weighted by Gasteiger charge is -2.24. The number of rotatable bonds is 3. The van der Waals surface area contributed by atoms with Crippen LogP contribution in [0.2, 0.25) is 0 Å². The van der Waals surface area contributed by atoms with E-state index in [-0.39, 0.29) is 11.8 Å². The van der Waals surface area contributed by atoms with Gasteiger partial charge in [-0.05, 0) is 34.4 Å². The van der Waals surface area contributed by atoms with Gasteiger partial charge in [-0.15, -0.1) is 0 Å². The number of methoxy groups -OCH3 is 1. The maximum Gasteiger partial charge on any atom is 0.118 e. The fraction of sp³-hybridized carbons (Fsp3) is 0.182. The summed E-state index contributed by atoms with van der Waals surface area (Å²) in [6, 6.07) is 26.7. The number of fused-ring (bicyclic) bond motifs is 1. The van der Waals surface area contributed by atoms with Gasteiger partial charge in [-0.25, -0.2) is 0 Å². The Morgan fingerprint density at radius 1 is 0.708 bits per heavy atom. The summed E-state index contributed by atoms with van der Waals surface area (Å²) in [4.78, 5) is 0. The molecular formula is C22H20O2. The molecule has 0 fully saturated rings. The molecule has 3 aromatic carbocycles. The summed E-state index contributed by atoms with van der Waals surface area (Å²) >= 11 is 0. The lowest BCUT2D eigenvalue weighted by atomic mass is 9.81. The summed E-state index contributed by atoms with van der Waals surface area (Å²) in [6.07, 6.45) is -0.490. The van der Waals surface area contributed by atoms with E-state index in [9.17, 15) is 5.11 Å². The minimum absolute atomic E-state index is 0.0250. The van der Waals surface area contributed by atoms with Crippen LogP contribution in [-0.4, -0.2) is 12.2 Å². The molecule has 1 unspecified atom stereocenters. The van der Waals surface area contributed by atoms with Gasteiger partial charge in [0.2, 0.25) is 0 Å². The second-order valence-corrected chi connectivity index (χ2v) is 6.26. The Bertz CT molecular complexity index is 824. The average molecular weight is 316 g/mol. The third-order valence-electron chi connectivity index (χ3n) is 5.01. The van der Waals surface area contributed by atoms with E-state index < -0.39 is 6.10 Å². The normalized spacial score (nSPS) is 22.2. The van der Waals surface area contributed by atoms with E-state index in [1.54, 1.807) is 7.11 Å². The highest BCUT2D eigenvalue weighted by molar-refractivity contribution is 5.50. The van der Waals surface area contributed by atoms with Gasteiger partial charge in [0.1, 0.15) is 5.75 Å². The minimum atomic E-state index is -0.490. The molecule has 2 heteroatoms. The van der Waals surface area contributed by atoms with Gasteiger partial charge >= 0.3 is 0 Å². The highest BCUT2D eigenvalue weighted by Crippen LogP contribution is 2.53.